The van der Waals surface area contributed by atoms with Crippen molar-refractivity contribution in [3.8, 4) is 11.5 Å². The SMILES string of the molecule is c1ccc(NC(CC2CO2)(CC2CO2)N(CC2CO2)c2ccc3c(c2CC2CO2)O3)cc1. The number of epoxide rings is 4. The minimum atomic E-state index is -0.363. The predicted molar refractivity (Wildman–Crippen MR) is 119 cm³/mol. The molecule has 0 aromatic heterocycles. The summed E-state index contributed by atoms with van der Waals surface area (Å²) in [6, 6.07) is 14.8. The number of fused-ring (bicyclic) bond motifs is 1. The quantitative estimate of drug-likeness (QED) is 0.345. The van der Waals surface area contributed by atoms with E-state index in [4.69, 9.17) is 23.7 Å². The van der Waals surface area contributed by atoms with E-state index in [2.05, 4.69) is 52.7 Å². The Morgan fingerprint density at radius 2 is 1.47 bits per heavy atom. The second kappa shape index (κ2) is 7.35. The highest BCUT2D eigenvalue weighted by Crippen LogP contribution is 2.54. The molecule has 0 amide bonds. The lowest BCUT2D eigenvalue weighted by atomic mass is 9.92. The number of ether oxygens (including phenoxy) is 5. The van der Waals surface area contributed by atoms with Crippen LogP contribution in [0.4, 0.5) is 11.4 Å². The van der Waals surface area contributed by atoms with Crippen molar-refractivity contribution in [1.82, 2.24) is 0 Å². The standard InChI is InChI=1S/C25H28N2O5/c1-2-4-16(5-3-1)26-25(9-18-13-29-18,10-19-14-30-19)27(11-20-15-31-20)22-6-7-23-24(32-23)21(22)8-17-12-28-17/h1-7,17-20,26H,8-15H2. The average molecular weight is 437 g/mol. The summed E-state index contributed by atoms with van der Waals surface area (Å²) < 4.78 is 28.7. The van der Waals surface area contributed by atoms with Gasteiger partial charge in [0.25, 0.3) is 0 Å². The van der Waals surface area contributed by atoms with E-state index in [0.29, 0.717) is 6.10 Å². The summed E-state index contributed by atoms with van der Waals surface area (Å²) in [4.78, 5) is 2.53. The van der Waals surface area contributed by atoms with Crippen LogP contribution in [0.25, 0.3) is 0 Å². The third kappa shape index (κ3) is 4.06. The van der Waals surface area contributed by atoms with E-state index in [-0.39, 0.29) is 24.0 Å². The molecule has 7 rings (SSSR count). The maximum absolute atomic E-state index is 5.84. The highest BCUT2D eigenvalue weighted by molar-refractivity contribution is 5.72. The molecule has 32 heavy (non-hydrogen) atoms. The largest absolute Gasteiger partial charge is 0.449 e. The zero-order valence-corrected chi connectivity index (χ0v) is 18.0. The summed E-state index contributed by atoms with van der Waals surface area (Å²) in [5.41, 5.74) is 3.19. The van der Waals surface area contributed by atoms with Crippen molar-refractivity contribution in [2.24, 2.45) is 0 Å². The summed E-state index contributed by atoms with van der Waals surface area (Å²) >= 11 is 0. The first kappa shape index (κ1) is 19.2. The molecular weight excluding hydrogens is 408 g/mol. The van der Waals surface area contributed by atoms with Crippen LogP contribution in [-0.4, -0.2) is 63.1 Å². The summed E-state index contributed by atoms with van der Waals surface area (Å²) in [5.74, 6) is 2.02. The molecular formula is C25H28N2O5. The first-order valence-corrected chi connectivity index (χ1v) is 11.7. The highest BCUT2D eigenvalue weighted by Gasteiger charge is 2.49. The van der Waals surface area contributed by atoms with Gasteiger partial charge in [0.15, 0.2) is 11.5 Å². The van der Waals surface area contributed by atoms with Crippen LogP contribution in [0.1, 0.15) is 18.4 Å². The van der Waals surface area contributed by atoms with Crippen LogP contribution in [0.2, 0.25) is 0 Å². The van der Waals surface area contributed by atoms with Gasteiger partial charge in [0, 0.05) is 42.7 Å². The minimum Gasteiger partial charge on any atom is -0.449 e. The van der Waals surface area contributed by atoms with Crippen LogP contribution < -0.4 is 15.0 Å². The Hall–Kier alpha value is -2.32. The van der Waals surface area contributed by atoms with E-state index in [0.717, 1.165) is 69.4 Å². The predicted octanol–water partition coefficient (Wildman–Crippen LogP) is 3.33. The molecule has 0 radical (unpaired) electrons. The topological polar surface area (TPSA) is 77.9 Å². The molecule has 5 heterocycles. The van der Waals surface area contributed by atoms with Crippen LogP contribution in [-0.2, 0) is 25.4 Å². The molecule has 0 spiro atoms. The van der Waals surface area contributed by atoms with Gasteiger partial charge in [0.1, 0.15) is 5.66 Å². The molecule has 0 aliphatic carbocycles. The van der Waals surface area contributed by atoms with Gasteiger partial charge in [0.2, 0.25) is 0 Å². The molecule has 0 saturated carbocycles. The van der Waals surface area contributed by atoms with Crippen LogP contribution in [0.15, 0.2) is 42.5 Å². The van der Waals surface area contributed by atoms with E-state index < -0.39 is 0 Å². The molecule has 7 nitrogen and oxygen atoms in total. The fourth-order valence-corrected chi connectivity index (χ4v) is 4.91. The van der Waals surface area contributed by atoms with Gasteiger partial charge in [-0.1, -0.05) is 18.2 Å². The van der Waals surface area contributed by atoms with Crippen molar-refractivity contribution in [1.29, 1.82) is 0 Å². The number of hydrogen-bond acceptors (Lipinski definition) is 7. The Morgan fingerprint density at radius 1 is 0.812 bits per heavy atom. The van der Waals surface area contributed by atoms with Crippen LogP contribution in [0, 0.1) is 0 Å². The Bertz CT molecular complexity index is 985. The molecule has 4 atom stereocenters. The zero-order valence-electron chi connectivity index (χ0n) is 18.0. The Morgan fingerprint density at radius 3 is 2.09 bits per heavy atom. The summed E-state index contributed by atoms with van der Waals surface area (Å²) in [5, 5.41) is 3.94. The lowest BCUT2D eigenvalue weighted by Gasteiger charge is -2.47. The third-order valence-corrected chi connectivity index (χ3v) is 6.89. The van der Waals surface area contributed by atoms with Crippen molar-refractivity contribution < 1.29 is 23.7 Å². The van der Waals surface area contributed by atoms with Gasteiger partial charge in [-0.3, -0.25) is 0 Å². The molecule has 5 aliphatic heterocycles. The molecule has 0 bridgehead atoms. The maximum Gasteiger partial charge on any atom is 0.175 e. The van der Waals surface area contributed by atoms with Crippen molar-refractivity contribution in [2.45, 2.75) is 49.3 Å². The first-order chi connectivity index (χ1) is 15.8. The Balaban J connectivity index is 1.32. The molecule has 7 heteroatoms. The molecule has 5 aliphatic rings. The monoisotopic (exact) mass is 436 g/mol. The molecule has 4 saturated heterocycles. The van der Waals surface area contributed by atoms with Crippen molar-refractivity contribution in [3.05, 3.63) is 48.0 Å². The highest BCUT2D eigenvalue weighted by atomic mass is 16.6. The zero-order chi connectivity index (χ0) is 21.1. The van der Waals surface area contributed by atoms with E-state index in [1.54, 1.807) is 0 Å². The second-order valence-corrected chi connectivity index (χ2v) is 9.56. The van der Waals surface area contributed by atoms with Gasteiger partial charge in [-0.2, -0.15) is 0 Å². The number of nitrogens with zero attached hydrogens (tertiary/aromatic N) is 1. The van der Waals surface area contributed by atoms with Crippen molar-refractivity contribution >= 4 is 11.4 Å². The minimum absolute atomic E-state index is 0.238. The fraction of sp³-hybridized carbons (Fsp3) is 0.520. The molecule has 4 unspecified atom stereocenters. The van der Waals surface area contributed by atoms with Crippen LogP contribution >= 0.6 is 0 Å². The number of para-hydroxylation sites is 1. The normalized spacial score (nSPS) is 29.9. The molecule has 4 fully saturated rings. The van der Waals surface area contributed by atoms with Crippen LogP contribution in [0.5, 0.6) is 11.5 Å². The van der Waals surface area contributed by atoms with Gasteiger partial charge in [-0.25, -0.2) is 0 Å². The Kier molecular flexibility index (Phi) is 4.40. The first-order valence-electron chi connectivity index (χ1n) is 11.7. The van der Waals surface area contributed by atoms with Crippen molar-refractivity contribution in [3.63, 3.8) is 0 Å². The second-order valence-electron chi connectivity index (χ2n) is 9.56. The van der Waals surface area contributed by atoms with E-state index >= 15 is 0 Å². The number of anilines is 2. The lowest BCUT2D eigenvalue weighted by molar-refractivity contribution is 0.272. The molecule has 2 aromatic carbocycles. The number of hydrogen-bond donors (Lipinski definition) is 1. The van der Waals surface area contributed by atoms with Gasteiger partial charge < -0.3 is 33.9 Å². The average Bonchev–Trinajstić information content (AvgIpc) is 3.57. The molecule has 2 aromatic rings. The van der Waals surface area contributed by atoms with Gasteiger partial charge >= 0.3 is 0 Å². The summed E-state index contributed by atoms with van der Waals surface area (Å²) in [6.07, 6.45) is 3.67. The lowest BCUT2D eigenvalue weighted by Crippen LogP contribution is -2.58. The van der Waals surface area contributed by atoms with E-state index in [9.17, 15) is 0 Å². The number of benzene rings is 2. The van der Waals surface area contributed by atoms with Gasteiger partial charge in [-0.15, -0.1) is 0 Å². The van der Waals surface area contributed by atoms with Crippen molar-refractivity contribution in [2.75, 3.05) is 43.2 Å². The Labute approximate surface area is 187 Å². The summed E-state index contributed by atoms with van der Waals surface area (Å²) in [6.45, 7) is 4.08. The number of nitrogens with one attached hydrogen (secondary N) is 1. The number of rotatable bonds is 12. The van der Waals surface area contributed by atoms with E-state index in [1.165, 1.54) is 11.3 Å². The smallest absolute Gasteiger partial charge is 0.175 e. The molecule has 1 N–H and O–H groups in total. The fourth-order valence-electron chi connectivity index (χ4n) is 4.91. The van der Waals surface area contributed by atoms with E-state index in [1.807, 2.05) is 0 Å². The molecule has 168 valence electrons. The summed E-state index contributed by atoms with van der Waals surface area (Å²) in [7, 11) is 0. The maximum atomic E-state index is 5.84. The van der Waals surface area contributed by atoms with Gasteiger partial charge in [-0.05, 0) is 24.3 Å². The van der Waals surface area contributed by atoms with Gasteiger partial charge in [0.05, 0.1) is 50.8 Å². The third-order valence-electron chi connectivity index (χ3n) is 6.89. The van der Waals surface area contributed by atoms with Crippen LogP contribution in [0.3, 0.4) is 0 Å².